The van der Waals surface area contributed by atoms with Crippen molar-refractivity contribution in [3.63, 3.8) is 0 Å². The number of hydrogen-bond acceptors (Lipinski definition) is 5. The summed E-state index contributed by atoms with van der Waals surface area (Å²) in [4.78, 5) is 11.7. The molecule has 0 bridgehead atoms. The van der Waals surface area contributed by atoms with Gasteiger partial charge in [0.05, 0.1) is 19.1 Å². The van der Waals surface area contributed by atoms with Gasteiger partial charge in [0, 0.05) is 24.2 Å². The van der Waals surface area contributed by atoms with E-state index in [2.05, 4.69) is 52.0 Å². The molecule has 3 rings (SSSR count). The maximum Gasteiger partial charge on any atom is 0.306 e. The molecule has 1 saturated heterocycles. The normalized spacial score (nSPS) is 28.9. The molecule has 1 aliphatic heterocycles. The Morgan fingerprint density at radius 3 is 2.93 bits per heavy atom. The van der Waals surface area contributed by atoms with E-state index in [9.17, 15) is 4.79 Å². The van der Waals surface area contributed by atoms with Crippen molar-refractivity contribution in [2.75, 3.05) is 12.4 Å². The van der Waals surface area contributed by atoms with E-state index in [0.717, 1.165) is 17.9 Å². The zero-order valence-corrected chi connectivity index (χ0v) is 18.1. The van der Waals surface area contributed by atoms with Crippen molar-refractivity contribution in [3.8, 4) is 5.75 Å². The smallest absolute Gasteiger partial charge is 0.306 e. The molecule has 2 aliphatic rings. The fraction of sp³-hybridized carbons (Fsp3) is 0.609. The highest BCUT2D eigenvalue weighted by atomic mass is 32.2. The standard InChI is InChI=1S/C23H32O4S/c1-5-28-17(4)26-21-13-22-20(12-23(24)27-22)19(21)10-9-16(3)14-25-18-8-6-7-15(2)11-18/h6-11,16-17,19-22H,5,12-14H2,1-4H3/b10-9+/t16-,17?,19?,20-,21-,22+/m1/s1. The second-order valence-corrected chi connectivity index (χ2v) is 9.47. The van der Waals surface area contributed by atoms with Gasteiger partial charge < -0.3 is 14.2 Å². The number of carbonyl (C=O) groups is 1. The lowest BCUT2D eigenvalue weighted by Crippen LogP contribution is -2.25. The third-order valence-electron chi connectivity index (χ3n) is 5.48. The highest BCUT2D eigenvalue weighted by Crippen LogP contribution is 2.44. The number of thioether (sulfide) groups is 1. The summed E-state index contributed by atoms with van der Waals surface area (Å²) in [6.07, 6.45) is 5.87. The topological polar surface area (TPSA) is 44.8 Å². The maximum absolute atomic E-state index is 11.7. The summed E-state index contributed by atoms with van der Waals surface area (Å²) in [6, 6.07) is 8.12. The molecule has 0 aromatic heterocycles. The largest absolute Gasteiger partial charge is 0.493 e. The minimum Gasteiger partial charge on any atom is -0.493 e. The molecule has 1 aromatic carbocycles. The van der Waals surface area contributed by atoms with E-state index < -0.39 is 0 Å². The van der Waals surface area contributed by atoms with Gasteiger partial charge in [-0.1, -0.05) is 38.1 Å². The number of carbonyl (C=O) groups excluding carboxylic acids is 1. The van der Waals surface area contributed by atoms with Crippen LogP contribution in [-0.2, 0) is 14.3 Å². The number of aryl methyl sites for hydroxylation is 1. The predicted octanol–water partition coefficient (Wildman–Crippen LogP) is 5.00. The summed E-state index contributed by atoms with van der Waals surface area (Å²) in [5.41, 5.74) is 1.35. The maximum atomic E-state index is 11.7. The van der Waals surface area contributed by atoms with E-state index in [1.165, 1.54) is 5.56 Å². The summed E-state index contributed by atoms with van der Waals surface area (Å²) in [5.74, 6) is 2.60. The summed E-state index contributed by atoms with van der Waals surface area (Å²) < 4.78 is 17.8. The zero-order valence-electron chi connectivity index (χ0n) is 17.3. The molecule has 1 aliphatic carbocycles. The van der Waals surface area contributed by atoms with Crippen LogP contribution in [0.25, 0.3) is 0 Å². The quantitative estimate of drug-likeness (QED) is 0.329. The van der Waals surface area contributed by atoms with Crippen molar-refractivity contribution in [2.24, 2.45) is 17.8 Å². The molecule has 28 heavy (non-hydrogen) atoms. The van der Waals surface area contributed by atoms with Crippen molar-refractivity contribution in [1.82, 2.24) is 0 Å². The fourth-order valence-electron chi connectivity index (χ4n) is 4.14. The average molecular weight is 405 g/mol. The van der Waals surface area contributed by atoms with E-state index in [-0.39, 0.29) is 41.4 Å². The predicted molar refractivity (Wildman–Crippen MR) is 114 cm³/mol. The van der Waals surface area contributed by atoms with Gasteiger partial charge in [0.1, 0.15) is 17.3 Å². The van der Waals surface area contributed by atoms with E-state index in [4.69, 9.17) is 14.2 Å². The first-order valence-electron chi connectivity index (χ1n) is 10.3. The Hall–Kier alpha value is -1.46. The van der Waals surface area contributed by atoms with Gasteiger partial charge in [-0.05, 0) is 37.3 Å². The molecule has 1 aromatic rings. The van der Waals surface area contributed by atoms with Gasteiger partial charge in [0.2, 0.25) is 0 Å². The van der Waals surface area contributed by atoms with E-state index in [0.29, 0.717) is 13.0 Å². The summed E-state index contributed by atoms with van der Waals surface area (Å²) in [6.45, 7) is 9.09. The Balaban J connectivity index is 1.59. The molecule has 2 unspecified atom stereocenters. The molecule has 0 spiro atoms. The van der Waals surface area contributed by atoms with Gasteiger partial charge in [-0.2, -0.15) is 0 Å². The second kappa shape index (κ2) is 9.84. The van der Waals surface area contributed by atoms with Crippen LogP contribution < -0.4 is 4.74 Å². The van der Waals surface area contributed by atoms with Gasteiger partial charge in [0.15, 0.2) is 0 Å². The molecule has 1 heterocycles. The molecule has 5 heteroatoms. The van der Waals surface area contributed by atoms with Gasteiger partial charge in [-0.15, -0.1) is 11.8 Å². The number of esters is 1. The van der Waals surface area contributed by atoms with Crippen LogP contribution in [0, 0.1) is 24.7 Å². The molecular weight excluding hydrogens is 372 g/mol. The second-order valence-electron chi connectivity index (χ2n) is 7.90. The first-order valence-corrected chi connectivity index (χ1v) is 11.4. The van der Waals surface area contributed by atoms with Crippen molar-refractivity contribution in [3.05, 3.63) is 42.0 Å². The summed E-state index contributed by atoms with van der Waals surface area (Å²) >= 11 is 1.81. The molecule has 6 atom stereocenters. The third kappa shape index (κ3) is 5.54. The van der Waals surface area contributed by atoms with E-state index in [1.54, 1.807) is 11.8 Å². The van der Waals surface area contributed by atoms with Crippen LogP contribution in [0.2, 0.25) is 0 Å². The van der Waals surface area contributed by atoms with E-state index in [1.807, 2.05) is 12.1 Å². The molecular formula is C23H32O4S. The number of ether oxygens (including phenoxy) is 3. The number of benzene rings is 1. The highest BCUT2D eigenvalue weighted by molar-refractivity contribution is 7.99. The molecule has 0 radical (unpaired) electrons. The molecule has 1 saturated carbocycles. The van der Waals surface area contributed by atoms with Gasteiger partial charge in [0.25, 0.3) is 0 Å². The first kappa shape index (κ1) is 21.3. The average Bonchev–Trinajstić information content (AvgIpc) is 3.14. The molecule has 0 N–H and O–H groups in total. The van der Waals surface area contributed by atoms with Crippen molar-refractivity contribution in [1.29, 1.82) is 0 Å². The van der Waals surface area contributed by atoms with Crippen LogP contribution in [0.3, 0.4) is 0 Å². The molecule has 2 fully saturated rings. The lowest BCUT2D eigenvalue weighted by molar-refractivity contribution is -0.142. The lowest BCUT2D eigenvalue weighted by Gasteiger charge is -2.24. The zero-order chi connectivity index (χ0) is 20.1. The van der Waals surface area contributed by atoms with Crippen molar-refractivity contribution in [2.45, 2.75) is 58.2 Å². The fourth-order valence-corrected chi connectivity index (χ4v) is 4.83. The van der Waals surface area contributed by atoms with Crippen molar-refractivity contribution < 1.29 is 19.0 Å². The minimum atomic E-state index is -0.0707. The van der Waals surface area contributed by atoms with Crippen LogP contribution in [-0.4, -0.2) is 36.0 Å². The van der Waals surface area contributed by atoms with Crippen LogP contribution in [0.5, 0.6) is 5.75 Å². The van der Waals surface area contributed by atoms with Crippen LogP contribution in [0.15, 0.2) is 36.4 Å². The number of fused-ring (bicyclic) bond motifs is 1. The van der Waals surface area contributed by atoms with Gasteiger partial charge in [-0.25, -0.2) is 0 Å². The van der Waals surface area contributed by atoms with Crippen molar-refractivity contribution >= 4 is 17.7 Å². The Bertz CT molecular complexity index is 689. The summed E-state index contributed by atoms with van der Waals surface area (Å²) in [5, 5.41) is 0. The Morgan fingerprint density at radius 1 is 1.36 bits per heavy atom. The Labute approximate surface area is 173 Å². The van der Waals surface area contributed by atoms with Crippen LogP contribution >= 0.6 is 11.8 Å². The van der Waals surface area contributed by atoms with Gasteiger partial charge >= 0.3 is 5.97 Å². The Kier molecular flexibility index (Phi) is 7.47. The molecule has 0 amide bonds. The lowest BCUT2D eigenvalue weighted by atomic mass is 9.91. The van der Waals surface area contributed by atoms with Crippen LogP contribution in [0.1, 0.15) is 39.2 Å². The number of hydrogen-bond donors (Lipinski definition) is 0. The highest BCUT2D eigenvalue weighted by Gasteiger charge is 2.49. The Morgan fingerprint density at radius 2 is 2.18 bits per heavy atom. The number of rotatable bonds is 9. The SMILES string of the molecule is CCSC(C)O[C@@H]1C[C@@H]2OC(=O)C[C@@H]2C1/C=C/[C@@H](C)COc1cccc(C)c1. The monoisotopic (exact) mass is 404 g/mol. The first-order chi connectivity index (χ1) is 13.5. The minimum absolute atomic E-state index is 0.00447. The molecule has 4 nitrogen and oxygen atoms in total. The molecule has 154 valence electrons. The summed E-state index contributed by atoms with van der Waals surface area (Å²) in [7, 11) is 0. The third-order valence-corrected chi connectivity index (χ3v) is 6.40. The van der Waals surface area contributed by atoms with E-state index >= 15 is 0 Å². The van der Waals surface area contributed by atoms with Gasteiger partial charge in [-0.3, -0.25) is 4.79 Å². The van der Waals surface area contributed by atoms with Crippen LogP contribution in [0.4, 0.5) is 0 Å².